The molecule has 4 aromatic carbocycles. The molecule has 2 N–H and O–H groups in total. The molecule has 42 heteroatoms. The highest BCUT2D eigenvalue weighted by Crippen LogP contribution is 2.70. The third-order valence-corrected chi connectivity index (χ3v) is 18.8. The highest BCUT2D eigenvalue weighted by Gasteiger charge is 3.01. The van der Waals surface area contributed by atoms with Crippen LogP contribution in [0, 0.1) is 0 Å². The average Bonchev–Trinajstić information content (AvgIpc) is 3.49. The van der Waals surface area contributed by atoms with E-state index in [1.807, 2.05) is 0 Å². The quantitative estimate of drug-likeness (QED) is 0.0951. The molecule has 2 fully saturated rings. The molecule has 14 nitrogen and oxygen atoms in total. The summed E-state index contributed by atoms with van der Waals surface area (Å²) in [5, 5.41) is 0. The Morgan fingerprint density at radius 3 is 1.18 bits per heavy atom. The molecule has 4 atom stereocenters. The molecule has 6 rings (SSSR count). The zero-order chi connectivity index (χ0) is 63.1. The largest absolute Gasteiger partial charge is 0.512 e. The van der Waals surface area contributed by atoms with Crippen molar-refractivity contribution in [2.75, 3.05) is 13.7 Å². The Kier molecular flexibility index (Phi) is 15.2. The topological polar surface area (TPSA) is 198 Å². The van der Waals surface area contributed by atoms with E-state index < -0.39 is 191 Å². The van der Waals surface area contributed by atoms with E-state index in [9.17, 15) is 108 Å². The van der Waals surface area contributed by atoms with Crippen LogP contribution in [0.25, 0.3) is 11.1 Å². The number of hydrogen-bond acceptors (Lipinski definition) is 12. The Morgan fingerprint density at radius 1 is 0.451 bits per heavy atom. The molecule has 0 saturated heterocycles. The summed E-state index contributed by atoms with van der Waals surface area (Å²) in [5.41, 5.74) is -35.8. The maximum Gasteiger partial charge on any atom is 0.512 e. The molecule has 0 bridgehead atoms. The van der Waals surface area contributed by atoms with E-state index in [2.05, 4.69) is 14.2 Å². The normalized spacial score (nSPS) is 24.9. The number of alkyl halides is 24. The number of benzene rings is 4. The molecule has 4 aromatic rings. The van der Waals surface area contributed by atoms with Crippen molar-refractivity contribution in [1.82, 2.24) is 8.25 Å². The van der Waals surface area contributed by atoms with Gasteiger partial charge < -0.3 is 18.9 Å². The molecular formula is C40H24F24N2O12S4. The van der Waals surface area contributed by atoms with Gasteiger partial charge in [-0.3, -0.25) is 0 Å². The van der Waals surface area contributed by atoms with Crippen molar-refractivity contribution in [3.63, 3.8) is 0 Å². The van der Waals surface area contributed by atoms with Crippen LogP contribution in [-0.2, 0) is 45.5 Å². The van der Waals surface area contributed by atoms with E-state index in [4.69, 9.17) is 4.74 Å². The van der Waals surface area contributed by atoms with Crippen molar-refractivity contribution in [3.8, 4) is 34.1 Å². The lowest BCUT2D eigenvalue weighted by Crippen LogP contribution is -2.89. The SMILES string of the molecule is COc1ccc(C(c2ccc(OC3(F)C(F)(F)C(F)(F)C3(F)COc3ccc(-c4ccc(OC5(F)C(C)(F)C(F)(F)C5(F)F)c(S(=O)(=O)NS(=O)(=O)C(F)(F)F)c4)cc3S(=O)(=O)NS(=O)(=O)C(F)(F)F)cc2)(C(F)(F)F)C(F)(F)F)cc1. The summed E-state index contributed by atoms with van der Waals surface area (Å²) in [5.74, 6) is -43.8. The Labute approximate surface area is 441 Å². The van der Waals surface area contributed by atoms with Crippen LogP contribution >= 0.6 is 0 Å². The highest BCUT2D eigenvalue weighted by molar-refractivity contribution is 8.05. The standard InChI is InChI=1S/C40H24F24N2O12S4/c1-28(41)31(43,44)33(47,48)35(28,51)78-25-14-4-19(16-27(25)80(69,70)66-82(73,74)40(62,63)64)18-3-13-24(26(15-18)79(67,68)65-81(71,72)39(59,60)61)76-17-29(42)32(45,46)34(49,50)36(29,52)77-23-11-7-21(8-12-23)30(37(53,54)55,38(56,57)58)20-5-9-22(75-2)10-6-20/h3-16,65-66H,17H2,1-2H3. The van der Waals surface area contributed by atoms with Gasteiger partial charge in [-0.2, -0.15) is 96.6 Å². The summed E-state index contributed by atoms with van der Waals surface area (Å²) in [6.07, 6.45) is -12.8. The van der Waals surface area contributed by atoms with Crippen molar-refractivity contribution in [2.45, 2.75) is 92.2 Å². The average molecular weight is 1310 g/mol. The number of ether oxygens (including phenoxy) is 4. The Bertz CT molecular complexity index is 3600. The van der Waals surface area contributed by atoms with Gasteiger partial charge in [0.15, 0.2) is 0 Å². The maximum absolute atomic E-state index is 16.4. The number of methoxy groups -OCH3 is 1. The summed E-state index contributed by atoms with van der Waals surface area (Å²) < 4.78 is 466. The Balaban J connectivity index is 1.47. The molecule has 0 radical (unpaired) electrons. The van der Waals surface area contributed by atoms with Crippen LogP contribution in [-0.4, -0.2) is 117 Å². The molecule has 0 spiro atoms. The van der Waals surface area contributed by atoms with Crippen molar-refractivity contribution in [3.05, 3.63) is 96.1 Å². The molecule has 2 saturated carbocycles. The monoisotopic (exact) mass is 1310 g/mol. The van der Waals surface area contributed by atoms with Crippen molar-refractivity contribution >= 4 is 40.1 Å². The summed E-state index contributed by atoms with van der Waals surface area (Å²) >= 11 is 0. The Hall–Kier alpha value is -5.88. The van der Waals surface area contributed by atoms with Crippen LogP contribution in [0.5, 0.6) is 23.0 Å². The maximum atomic E-state index is 16.4. The second-order valence-electron chi connectivity index (χ2n) is 17.2. The first-order valence-electron chi connectivity index (χ1n) is 20.6. The minimum atomic E-state index is -7.30. The molecule has 0 aliphatic heterocycles. The van der Waals surface area contributed by atoms with Gasteiger partial charge in [0.2, 0.25) is 5.41 Å². The molecule has 82 heavy (non-hydrogen) atoms. The van der Waals surface area contributed by atoms with E-state index in [-0.39, 0.29) is 74.7 Å². The highest BCUT2D eigenvalue weighted by atomic mass is 32.3. The predicted octanol–water partition coefficient (Wildman–Crippen LogP) is 10.2. The van der Waals surface area contributed by atoms with Crippen LogP contribution < -0.4 is 27.2 Å². The second-order valence-corrected chi connectivity index (χ2v) is 24.3. The van der Waals surface area contributed by atoms with Crippen LogP contribution in [0.15, 0.2) is 94.7 Å². The molecular weight excluding hydrogens is 1280 g/mol. The van der Waals surface area contributed by atoms with Gasteiger partial charge >= 0.3 is 78.8 Å². The molecule has 458 valence electrons. The summed E-state index contributed by atoms with van der Waals surface area (Å²) in [4.78, 5) is -4.88. The van der Waals surface area contributed by atoms with Gasteiger partial charge in [-0.1, -0.05) is 44.7 Å². The molecule has 2 aliphatic rings. The number of rotatable bonds is 17. The summed E-state index contributed by atoms with van der Waals surface area (Å²) in [7, 11) is -27.2. The fourth-order valence-corrected chi connectivity index (χ4v) is 12.9. The van der Waals surface area contributed by atoms with E-state index >= 15 is 30.7 Å². The minimum absolute atomic E-state index is 0.0207. The number of hydrogen-bond donors (Lipinski definition) is 2. The number of nitrogens with one attached hydrogen (secondary N) is 2. The number of halogens is 24. The summed E-state index contributed by atoms with van der Waals surface area (Å²) in [6.45, 7) is -3.79. The third-order valence-electron chi connectivity index (χ3n) is 12.2. The van der Waals surface area contributed by atoms with Crippen LogP contribution in [0.2, 0.25) is 0 Å². The van der Waals surface area contributed by atoms with Crippen molar-refractivity contribution in [2.24, 2.45) is 0 Å². The van der Waals surface area contributed by atoms with E-state index in [0.717, 1.165) is 7.11 Å². The zero-order valence-electron chi connectivity index (χ0n) is 38.9. The first kappa shape index (κ1) is 65.3. The van der Waals surface area contributed by atoms with Gasteiger partial charge in [0, 0.05) is 0 Å². The third kappa shape index (κ3) is 9.33. The van der Waals surface area contributed by atoms with Crippen molar-refractivity contribution < 1.29 is 158 Å². The lowest BCUT2D eigenvalue weighted by Gasteiger charge is -2.56. The predicted molar refractivity (Wildman–Crippen MR) is 222 cm³/mol. The zero-order valence-corrected chi connectivity index (χ0v) is 42.2. The molecule has 0 aromatic heterocycles. The fourth-order valence-electron chi connectivity index (χ4n) is 7.82. The smallest absolute Gasteiger partial charge is 0.497 e. The van der Waals surface area contributed by atoms with Crippen LogP contribution in [0.3, 0.4) is 0 Å². The molecule has 0 heterocycles. The number of sulfonamides is 4. The Morgan fingerprint density at radius 2 is 0.817 bits per heavy atom. The van der Waals surface area contributed by atoms with Crippen LogP contribution in [0.4, 0.5) is 105 Å². The first-order chi connectivity index (χ1) is 36.5. The van der Waals surface area contributed by atoms with Crippen molar-refractivity contribution in [1.29, 1.82) is 0 Å². The molecule has 0 amide bonds. The van der Waals surface area contributed by atoms with Gasteiger partial charge in [-0.25, -0.2) is 42.5 Å². The lowest BCUT2D eigenvalue weighted by molar-refractivity contribution is -0.487. The van der Waals surface area contributed by atoms with E-state index in [1.54, 1.807) is 0 Å². The second kappa shape index (κ2) is 19.1. The van der Waals surface area contributed by atoms with Crippen LogP contribution in [0.1, 0.15) is 18.1 Å². The van der Waals surface area contributed by atoms with Gasteiger partial charge in [0.1, 0.15) is 39.4 Å². The van der Waals surface area contributed by atoms with E-state index in [1.165, 1.54) is 0 Å². The van der Waals surface area contributed by atoms with Gasteiger partial charge in [-0.05, 0) is 77.7 Å². The van der Waals surface area contributed by atoms with Gasteiger partial charge in [0.25, 0.3) is 31.4 Å². The minimum Gasteiger partial charge on any atom is -0.497 e. The van der Waals surface area contributed by atoms with Gasteiger partial charge in [-0.15, -0.1) is 0 Å². The lowest BCUT2D eigenvalue weighted by atomic mass is 9.68. The van der Waals surface area contributed by atoms with E-state index in [0.29, 0.717) is 12.1 Å². The molecule has 4 unspecified atom stereocenters. The molecule has 2 aliphatic carbocycles. The first-order valence-corrected chi connectivity index (χ1v) is 26.6. The summed E-state index contributed by atoms with van der Waals surface area (Å²) in [6, 6.07) is -0.399. The van der Waals surface area contributed by atoms with Gasteiger partial charge in [0.05, 0.1) is 7.11 Å². The fraction of sp³-hybridized carbons (Fsp3) is 0.400.